The largest absolute Gasteiger partial charge is 0.311 e. The lowest BCUT2D eigenvalue weighted by atomic mass is 10.2. The number of aromatic nitrogens is 1. The molecular formula is C15H12N2OS. The van der Waals surface area contributed by atoms with E-state index >= 15 is 0 Å². The minimum Gasteiger partial charge on any atom is -0.311 e. The number of anilines is 1. The summed E-state index contributed by atoms with van der Waals surface area (Å²) in [4.78, 5) is 18.3. The average Bonchev–Trinajstić information content (AvgIpc) is 2.94. The van der Waals surface area contributed by atoms with Crippen molar-refractivity contribution in [3.8, 4) is 0 Å². The van der Waals surface area contributed by atoms with Crippen LogP contribution in [0, 0.1) is 0 Å². The van der Waals surface area contributed by atoms with Crippen LogP contribution in [0.15, 0.2) is 54.0 Å². The number of nitrogens with zero attached hydrogens (tertiary/aromatic N) is 2. The van der Waals surface area contributed by atoms with Crippen LogP contribution in [0.4, 0.5) is 5.69 Å². The predicted molar refractivity (Wildman–Crippen MR) is 78.8 cm³/mol. The van der Waals surface area contributed by atoms with Crippen LogP contribution < -0.4 is 4.90 Å². The summed E-state index contributed by atoms with van der Waals surface area (Å²) in [6.07, 6.45) is 1.64. The normalized spacial score (nSPS) is 10.6. The minimum atomic E-state index is -0.0472. The first kappa shape index (κ1) is 11.9. The number of benzene rings is 1. The molecule has 0 atom stereocenters. The van der Waals surface area contributed by atoms with Crippen LogP contribution in [0.3, 0.4) is 0 Å². The molecule has 0 aliphatic carbocycles. The number of hydrogen-bond acceptors (Lipinski definition) is 3. The van der Waals surface area contributed by atoms with Gasteiger partial charge in [-0.2, -0.15) is 0 Å². The second-order valence-corrected chi connectivity index (χ2v) is 5.18. The lowest BCUT2D eigenvalue weighted by Gasteiger charge is -2.17. The summed E-state index contributed by atoms with van der Waals surface area (Å²) < 4.78 is 1.03. The fourth-order valence-corrected chi connectivity index (χ4v) is 2.71. The maximum absolute atomic E-state index is 12.4. The standard InChI is InChI=1S/C15H12N2OS/c1-17(12-5-3-2-4-6-12)15(18)11-9-14-13(16-10-11)7-8-19-14/h2-10H,1H3. The number of carbonyl (C=O) groups is 1. The second kappa shape index (κ2) is 4.82. The first-order valence-electron chi connectivity index (χ1n) is 5.92. The van der Waals surface area contributed by atoms with Gasteiger partial charge in [-0.05, 0) is 29.6 Å². The Labute approximate surface area is 115 Å². The molecule has 0 N–H and O–H groups in total. The number of hydrogen-bond donors (Lipinski definition) is 0. The first-order valence-corrected chi connectivity index (χ1v) is 6.80. The average molecular weight is 268 g/mol. The molecule has 0 aliphatic rings. The van der Waals surface area contributed by atoms with E-state index in [1.165, 1.54) is 0 Å². The predicted octanol–water partition coefficient (Wildman–Crippen LogP) is 3.57. The van der Waals surface area contributed by atoms with Gasteiger partial charge in [0.25, 0.3) is 5.91 Å². The van der Waals surface area contributed by atoms with Crippen molar-refractivity contribution in [2.24, 2.45) is 0 Å². The van der Waals surface area contributed by atoms with Crippen molar-refractivity contribution in [2.75, 3.05) is 11.9 Å². The van der Waals surface area contributed by atoms with E-state index in [4.69, 9.17) is 0 Å². The van der Waals surface area contributed by atoms with Gasteiger partial charge in [0.1, 0.15) is 0 Å². The Kier molecular flexibility index (Phi) is 3.01. The lowest BCUT2D eigenvalue weighted by molar-refractivity contribution is 0.0993. The van der Waals surface area contributed by atoms with Crippen molar-refractivity contribution in [3.63, 3.8) is 0 Å². The van der Waals surface area contributed by atoms with Gasteiger partial charge in [-0.3, -0.25) is 9.78 Å². The van der Waals surface area contributed by atoms with Crippen molar-refractivity contribution >= 4 is 33.1 Å². The fraction of sp³-hybridized carbons (Fsp3) is 0.0667. The summed E-state index contributed by atoms with van der Waals surface area (Å²) in [7, 11) is 1.77. The van der Waals surface area contributed by atoms with Crippen molar-refractivity contribution in [3.05, 3.63) is 59.6 Å². The molecule has 0 spiro atoms. The van der Waals surface area contributed by atoms with E-state index in [9.17, 15) is 4.79 Å². The van der Waals surface area contributed by atoms with E-state index < -0.39 is 0 Å². The summed E-state index contributed by atoms with van der Waals surface area (Å²) in [6, 6.07) is 13.4. The van der Waals surface area contributed by atoms with Gasteiger partial charge in [0.2, 0.25) is 0 Å². The number of fused-ring (bicyclic) bond motifs is 1. The zero-order valence-corrected chi connectivity index (χ0v) is 11.2. The first-order chi connectivity index (χ1) is 9.25. The Hall–Kier alpha value is -2.20. The molecule has 19 heavy (non-hydrogen) atoms. The highest BCUT2D eigenvalue weighted by atomic mass is 32.1. The molecule has 4 heteroatoms. The molecule has 0 aliphatic heterocycles. The van der Waals surface area contributed by atoms with E-state index in [0.29, 0.717) is 5.56 Å². The summed E-state index contributed by atoms with van der Waals surface area (Å²) in [5.74, 6) is -0.0472. The highest BCUT2D eigenvalue weighted by Crippen LogP contribution is 2.21. The number of amides is 1. The zero-order chi connectivity index (χ0) is 13.2. The molecule has 1 amide bonds. The number of rotatable bonds is 2. The van der Waals surface area contributed by atoms with E-state index in [1.807, 2.05) is 47.8 Å². The molecule has 0 saturated heterocycles. The fourth-order valence-electron chi connectivity index (χ4n) is 1.93. The molecule has 2 aromatic heterocycles. The quantitative estimate of drug-likeness (QED) is 0.712. The molecule has 0 fully saturated rings. The number of para-hydroxylation sites is 1. The molecule has 3 rings (SSSR count). The summed E-state index contributed by atoms with van der Waals surface area (Å²) in [5, 5.41) is 1.98. The topological polar surface area (TPSA) is 33.2 Å². The molecular weight excluding hydrogens is 256 g/mol. The van der Waals surface area contributed by atoms with Crippen molar-refractivity contribution in [1.82, 2.24) is 4.98 Å². The monoisotopic (exact) mass is 268 g/mol. The van der Waals surface area contributed by atoms with Crippen LogP contribution in [0.2, 0.25) is 0 Å². The van der Waals surface area contributed by atoms with Gasteiger partial charge in [0.05, 0.1) is 15.8 Å². The van der Waals surface area contributed by atoms with Crippen LogP contribution in [-0.4, -0.2) is 17.9 Å². The van der Waals surface area contributed by atoms with Gasteiger partial charge in [0.15, 0.2) is 0 Å². The Morgan fingerprint density at radius 3 is 2.79 bits per heavy atom. The van der Waals surface area contributed by atoms with E-state index in [0.717, 1.165) is 15.9 Å². The summed E-state index contributed by atoms with van der Waals surface area (Å²) in [6.45, 7) is 0. The number of carbonyl (C=O) groups excluding carboxylic acids is 1. The lowest BCUT2D eigenvalue weighted by Crippen LogP contribution is -2.26. The summed E-state index contributed by atoms with van der Waals surface area (Å²) in [5.41, 5.74) is 2.42. The third-order valence-electron chi connectivity index (χ3n) is 3.00. The van der Waals surface area contributed by atoms with Crippen molar-refractivity contribution < 1.29 is 4.79 Å². The van der Waals surface area contributed by atoms with E-state index in [-0.39, 0.29) is 5.91 Å². The smallest absolute Gasteiger partial charge is 0.259 e. The van der Waals surface area contributed by atoms with Crippen molar-refractivity contribution in [2.45, 2.75) is 0 Å². The molecule has 94 valence electrons. The molecule has 0 bridgehead atoms. The van der Waals surface area contributed by atoms with Crippen LogP contribution >= 0.6 is 11.3 Å². The minimum absolute atomic E-state index is 0.0472. The second-order valence-electron chi connectivity index (χ2n) is 4.23. The summed E-state index contributed by atoms with van der Waals surface area (Å²) >= 11 is 1.59. The van der Waals surface area contributed by atoms with Crippen LogP contribution in [0.25, 0.3) is 10.2 Å². The molecule has 1 aromatic carbocycles. The van der Waals surface area contributed by atoms with E-state index in [1.54, 1.807) is 29.5 Å². The highest BCUT2D eigenvalue weighted by Gasteiger charge is 2.14. The maximum atomic E-state index is 12.4. The molecule has 0 radical (unpaired) electrons. The van der Waals surface area contributed by atoms with Gasteiger partial charge >= 0.3 is 0 Å². The van der Waals surface area contributed by atoms with Crippen LogP contribution in [0.5, 0.6) is 0 Å². The number of pyridine rings is 1. The number of thiophene rings is 1. The molecule has 0 saturated carbocycles. The van der Waals surface area contributed by atoms with Gasteiger partial charge in [-0.25, -0.2) is 0 Å². The molecule has 0 unspecified atom stereocenters. The van der Waals surface area contributed by atoms with Gasteiger partial charge in [-0.1, -0.05) is 18.2 Å². The maximum Gasteiger partial charge on any atom is 0.259 e. The molecule has 3 nitrogen and oxygen atoms in total. The van der Waals surface area contributed by atoms with Crippen LogP contribution in [0.1, 0.15) is 10.4 Å². The molecule has 2 heterocycles. The van der Waals surface area contributed by atoms with Gasteiger partial charge in [0, 0.05) is 18.9 Å². The SMILES string of the molecule is CN(C(=O)c1cnc2ccsc2c1)c1ccccc1. The highest BCUT2D eigenvalue weighted by molar-refractivity contribution is 7.17. The van der Waals surface area contributed by atoms with Gasteiger partial charge < -0.3 is 4.90 Å². The zero-order valence-electron chi connectivity index (χ0n) is 10.4. The Balaban J connectivity index is 1.95. The molecule has 3 aromatic rings. The third kappa shape index (κ3) is 2.22. The van der Waals surface area contributed by atoms with Gasteiger partial charge in [-0.15, -0.1) is 11.3 Å². The van der Waals surface area contributed by atoms with Crippen LogP contribution in [-0.2, 0) is 0 Å². The third-order valence-corrected chi connectivity index (χ3v) is 3.85. The van der Waals surface area contributed by atoms with Crippen molar-refractivity contribution in [1.29, 1.82) is 0 Å². The Bertz CT molecular complexity index is 721. The Morgan fingerprint density at radius 2 is 2.00 bits per heavy atom. The Morgan fingerprint density at radius 1 is 1.21 bits per heavy atom. The van der Waals surface area contributed by atoms with E-state index in [2.05, 4.69) is 4.98 Å².